The van der Waals surface area contributed by atoms with Crippen LogP contribution in [0.15, 0.2) is 24.3 Å². The fourth-order valence-electron chi connectivity index (χ4n) is 3.44. The van der Waals surface area contributed by atoms with Gasteiger partial charge >= 0.3 is 0 Å². The van der Waals surface area contributed by atoms with Gasteiger partial charge in [-0.1, -0.05) is 89.7 Å². The van der Waals surface area contributed by atoms with E-state index < -0.39 is 0 Å². The highest BCUT2D eigenvalue weighted by Gasteiger charge is 2.01. The molecular weight excluding hydrogens is 336 g/mol. The number of aromatic nitrogens is 2. The highest BCUT2D eigenvalue weighted by atomic mass is 32.2. The quantitative estimate of drug-likeness (QED) is 0.307. The second kappa shape index (κ2) is 14.1. The minimum Gasteiger partial charge on any atom is -0.342 e. The monoisotopic (exact) mass is 374 g/mol. The highest BCUT2D eigenvalue weighted by Crippen LogP contribution is 2.15. The van der Waals surface area contributed by atoms with Gasteiger partial charge in [-0.15, -0.1) is 0 Å². The Bertz CT molecular complexity index is 545. The number of thioether (sulfide) groups is 1. The molecule has 1 heterocycles. The van der Waals surface area contributed by atoms with E-state index in [1.165, 1.54) is 88.6 Å². The molecule has 0 amide bonds. The molecule has 0 aliphatic heterocycles. The molecule has 2 nitrogen and oxygen atoms in total. The first kappa shape index (κ1) is 21.3. The summed E-state index contributed by atoms with van der Waals surface area (Å²) in [5.41, 5.74) is 2.25. The molecule has 0 radical (unpaired) electrons. The molecule has 2 aromatic rings. The minimum absolute atomic E-state index is 1.05. The zero-order valence-electron chi connectivity index (χ0n) is 16.8. The number of benzene rings is 1. The van der Waals surface area contributed by atoms with Crippen LogP contribution in [0.2, 0.25) is 0 Å². The molecule has 0 aliphatic carbocycles. The van der Waals surface area contributed by atoms with Crippen molar-refractivity contribution in [2.75, 3.05) is 11.5 Å². The van der Waals surface area contributed by atoms with E-state index >= 15 is 0 Å². The minimum atomic E-state index is 1.05. The molecule has 0 fully saturated rings. The van der Waals surface area contributed by atoms with E-state index in [9.17, 15) is 0 Å². The van der Waals surface area contributed by atoms with Crippen LogP contribution in [0.4, 0.5) is 0 Å². The van der Waals surface area contributed by atoms with Crippen molar-refractivity contribution in [2.24, 2.45) is 0 Å². The SMILES string of the molecule is CCCCCCCCCCCCCCSCCc1nc2ccccc2[nH]1. The molecule has 146 valence electrons. The van der Waals surface area contributed by atoms with Crippen LogP contribution in [0.25, 0.3) is 11.0 Å². The Morgan fingerprint density at radius 1 is 0.769 bits per heavy atom. The number of H-pyrrole nitrogens is 1. The van der Waals surface area contributed by atoms with E-state index in [1.807, 2.05) is 0 Å². The Hall–Kier alpha value is -0.960. The predicted molar refractivity (Wildman–Crippen MR) is 118 cm³/mol. The molecule has 0 aliphatic rings. The van der Waals surface area contributed by atoms with Gasteiger partial charge in [-0.25, -0.2) is 4.98 Å². The van der Waals surface area contributed by atoms with E-state index in [0.717, 1.165) is 23.3 Å². The van der Waals surface area contributed by atoms with E-state index in [4.69, 9.17) is 0 Å². The van der Waals surface area contributed by atoms with E-state index in [1.54, 1.807) is 0 Å². The fourth-order valence-corrected chi connectivity index (χ4v) is 4.39. The summed E-state index contributed by atoms with van der Waals surface area (Å²) in [4.78, 5) is 8.07. The smallest absolute Gasteiger partial charge is 0.108 e. The predicted octanol–water partition coefficient (Wildman–Crippen LogP) is 7.54. The summed E-state index contributed by atoms with van der Waals surface area (Å²) in [6.07, 6.45) is 18.2. The van der Waals surface area contributed by atoms with Crippen LogP contribution in [0, 0.1) is 0 Å². The Kier molecular flexibility index (Phi) is 11.6. The Morgan fingerprint density at radius 2 is 1.38 bits per heavy atom. The lowest BCUT2D eigenvalue weighted by atomic mass is 10.1. The van der Waals surface area contributed by atoms with Gasteiger partial charge in [0.05, 0.1) is 11.0 Å². The molecular formula is C23H38N2S. The number of hydrogen-bond donors (Lipinski definition) is 1. The van der Waals surface area contributed by atoms with Gasteiger partial charge in [-0.3, -0.25) is 0 Å². The van der Waals surface area contributed by atoms with Crippen LogP contribution in [0.5, 0.6) is 0 Å². The molecule has 0 atom stereocenters. The lowest BCUT2D eigenvalue weighted by molar-refractivity contribution is 0.548. The molecule has 0 spiro atoms. The van der Waals surface area contributed by atoms with Crippen LogP contribution >= 0.6 is 11.8 Å². The van der Waals surface area contributed by atoms with Crippen molar-refractivity contribution in [3.05, 3.63) is 30.1 Å². The number of aryl methyl sites for hydroxylation is 1. The number of unbranched alkanes of at least 4 members (excludes halogenated alkanes) is 11. The second-order valence-electron chi connectivity index (χ2n) is 7.45. The van der Waals surface area contributed by atoms with E-state index in [-0.39, 0.29) is 0 Å². The Morgan fingerprint density at radius 3 is 2.04 bits per heavy atom. The zero-order valence-corrected chi connectivity index (χ0v) is 17.6. The van der Waals surface area contributed by atoms with Gasteiger partial charge in [0.25, 0.3) is 0 Å². The number of para-hydroxylation sites is 2. The van der Waals surface area contributed by atoms with Crippen molar-refractivity contribution >= 4 is 22.8 Å². The largest absolute Gasteiger partial charge is 0.342 e. The first-order valence-corrected chi connectivity index (χ1v) is 12.1. The number of nitrogens with zero attached hydrogens (tertiary/aromatic N) is 1. The van der Waals surface area contributed by atoms with Crippen molar-refractivity contribution < 1.29 is 0 Å². The summed E-state index contributed by atoms with van der Waals surface area (Å²) in [6.45, 7) is 2.29. The summed E-state index contributed by atoms with van der Waals surface area (Å²) < 4.78 is 0. The van der Waals surface area contributed by atoms with Gasteiger partial charge < -0.3 is 4.98 Å². The van der Waals surface area contributed by atoms with Crippen molar-refractivity contribution in [2.45, 2.75) is 90.4 Å². The number of rotatable bonds is 16. The number of aromatic amines is 1. The lowest BCUT2D eigenvalue weighted by Gasteiger charge is -2.03. The van der Waals surface area contributed by atoms with E-state index in [2.05, 4.69) is 52.9 Å². The average molecular weight is 375 g/mol. The van der Waals surface area contributed by atoms with Crippen LogP contribution in [-0.4, -0.2) is 21.5 Å². The van der Waals surface area contributed by atoms with Crippen LogP contribution in [0.1, 0.15) is 89.8 Å². The standard InChI is InChI=1S/C23H38N2S/c1-2-3-4-5-6-7-8-9-10-11-12-15-19-26-20-18-23-24-21-16-13-14-17-22(21)25-23/h13-14,16-17H,2-12,15,18-20H2,1H3,(H,24,25). The summed E-state index contributed by atoms with van der Waals surface area (Å²) in [5, 5.41) is 0. The van der Waals surface area contributed by atoms with Gasteiger partial charge in [-0.05, 0) is 24.3 Å². The van der Waals surface area contributed by atoms with Crippen molar-refractivity contribution in [1.29, 1.82) is 0 Å². The maximum absolute atomic E-state index is 4.65. The van der Waals surface area contributed by atoms with E-state index in [0.29, 0.717) is 0 Å². The van der Waals surface area contributed by atoms with Gasteiger partial charge in [0.1, 0.15) is 5.82 Å². The van der Waals surface area contributed by atoms with Gasteiger partial charge in [0.2, 0.25) is 0 Å². The van der Waals surface area contributed by atoms with Crippen LogP contribution < -0.4 is 0 Å². The van der Waals surface area contributed by atoms with Crippen LogP contribution in [0.3, 0.4) is 0 Å². The maximum atomic E-state index is 4.65. The third-order valence-corrected chi connectivity index (χ3v) is 6.13. The van der Waals surface area contributed by atoms with Crippen molar-refractivity contribution in [1.82, 2.24) is 9.97 Å². The number of fused-ring (bicyclic) bond motifs is 1. The zero-order chi connectivity index (χ0) is 18.3. The third kappa shape index (κ3) is 9.12. The fraction of sp³-hybridized carbons (Fsp3) is 0.696. The second-order valence-corrected chi connectivity index (χ2v) is 8.68. The molecule has 1 aromatic heterocycles. The number of hydrogen-bond acceptors (Lipinski definition) is 2. The number of nitrogens with one attached hydrogen (secondary N) is 1. The summed E-state index contributed by atoms with van der Waals surface area (Å²) >= 11 is 2.08. The summed E-state index contributed by atoms with van der Waals surface area (Å²) in [6, 6.07) is 8.29. The van der Waals surface area contributed by atoms with Crippen molar-refractivity contribution in [3.63, 3.8) is 0 Å². The van der Waals surface area contributed by atoms with Crippen molar-refractivity contribution in [3.8, 4) is 0 Å². The molecule has 0 bridgehead atoms. The molecule has 26 heavy (non-hydrogen) atoms. The summed E-state index contributed by atoms with van der Waals surface area (Å²) in [7, 11) is 0. The topological polar surface area (TPSA) is 28.7 Å². The first-order valence-electron chi connectivity index (χ1n) is 10.9. The Labute approximate surface area is 165 Å². The molecule has 0 unspecified atom stereocenters. The lowest BCUT2D eigenvalue weighted by Crippen LogP contribution is -1.92. The normalized spacial score (nSPS) is 11.4. The average Bonchev–Trinajstić information content (AvgIpc) is 3.07. The molecule has 2 rings (SSSR count). The summed E-state index contributed by atoms with van der Waals surface area (Å²) in [5.74, 6) is 3.61. The maximum Gasteiger partial charge on any atom is 0.108 e. The number of imidazole rings is 1. The van der Waals surface area contributed by atoms with Crippen LogP contribution in [-0.2, 0) is 6.42 Å². The Balaban J connectivity index is 1.34. The van der Waals surface area contributed by atoms with Gasteiger partial charge in [0.15, 0.2) is 0 Å². The molecule has 3 heteroatoms. The molecule has 1 N–H and O–H groups in total. The first-order chi connectivity index (χ1) is 12.9. The molecule has 0 saturated carbocycles. The van der Waals surface area contributed by atoms with Gasteiger partial charge in [-0.2, -0.15) is 11.8 Å². The highest BCUT2D eigenvalue weighted by molar-refractivity contribution is 7.99. The van der Waals surface area contributed by atoms with Gasteiger partial charge in [0, 0.05) is 12.2 Å². The molecule has 0 saturated heterocycles. The molecule has 1 aromatic carbocycles. The third-order valence-electron chi connectivity index (χ3n) is 5.06.